The molecular weight excluding hydrogens is 440 g/mol. The van der Waals surface area contributed by atoms with Crippen molar-refractivity contribution in [3.8, 4) is 11.4 Å². The number of fused-ring (bicyclic) bond motifs is 1. The minimum atomic E-state index is -0.231. The summed E-state index contributed by atoms with van der Waals surface area (Å²) in [5.41, 5.74) is 3.74. The molecule has 1 aromatic heterocycles. The summed E-state index contributed by atoms with van der Waals surface area (Å²) in [6, 6.07) is 7.86. The van der Waals surface area contributed by atoms with Gasteiger partial charge in [-0.15, -0.1) is 0 Å². The highest BCUT2D eigenvalue weighted by Crippen LogP contribution is 2.35. The third-order valence-electron chi connectivity index (χ3n) is 6.80. The molecule has 3 N–H and O–H groups in total. The standard InChI is InChI=1S/C27H40N6O2/c1-18(2)7-6-13-28-26(34)30-21-10-8-20(9-11-21)24-31-23-22(12-14-29-27(23,4)5)25(32-24)33-15-16-35-17-19(33)3/h8-11,18-19,29H,6-7,12-17H2,1-5H3,(H2,28,30,34). The molecule has 35 heavy (non-hydrogen) atoms. The number of urea groups is 1. The largest absolute Gasteiger partial charge is 0.377 e. The molecule has 8 nitrogen and oxygen atoms in total. The Bertz CT molecular complexity index is 1020. The number of nitrogens with one attached hydrogen (secondary N) is 3. The van der Waals surface area contributed by atoms with E-state index >= 15 is 0 Å². The molecule has 0 radical (unpaired) electrons. The second-order valence-electron chi connectivity index (χ2n) is 10.6. The fourth-order valence-corrected chi connectivity index (χ4v) is 4.80. The summed E-state index contributed by atoms with van der Waals surface area (Å²) in [5, 5.41) is 9.45. The van der Waals surface area contributed by atoms with Crippen LogP contribution in [0.25, 0.3) is 11.4 Å². The molecule has 2 aromatic rings. The van der Waals surface area contributed by atoms with Crippen molar-refractivity contribution in [2.75, 3.05) is 43.1 Å². The molecule has 0 bridgehead atoms. The number of carbonyl (C=O) groups excluding carboxylic acids is 1. The van der Waals surface area contributed by atoms with Gasteiger partial charge in [0.25, 0.3) is 0 Å². The highest BCUT2D eigenvalue weighted by atomic mass is 16.5. The van der Waals surface area contributed by atoms with E-state index in [-0.39, 0.29) is 17.6 Å². The Kier molecular flexibility index (Phi) is 7.91. The normalized spacial score (nSPS) is 19.4. The predicted molar refractivity (Wildman–Crippen MR) is 141 cm³/mol. The molecule has 1 saturated heterocycles. The Hall–Kier alpha value is -2.71. The lowest BCUT2D eigenvalue weighted by Gasteiger charge is -2.39. The van der Waals surface area contributed by atoms with Gasteiger partial charge in [0.15, 0.2) is 5.82 Å². The molecule has 1 aromatic carbocycles. The average molecular weight is 481 g/mol. The van der Waals surface area contributed by atoms with Crippen molar-refractivity contribution in [3.05, 3.63) is 35.5 Å². The van der Waals surface area contributed by atoms with Crippen LogP contribution in [0.15, 0.2) is 24.3 Å². The highest BCUT2D eigenvalue weighted by Gasteiger charge is 2.34. The van der Waals surface area contributed by atoms with E-state index < -0.39 is 0 Å². The van der Waals surface area contributed by atoms with Crippen LogP contribution < -0.4 is 20.9 Å². The SMILES string of the molecule is CC(C)CCCNC(=O)Nc1ccc(-c2nc(N3CCOCC3C)c3c(n2)C(C)(C)NCC3)cc1. The van der Waals surface area contributed by atoms with Crippen molar-refractivity contribution < 1.29 is 9.53 Å². The van der Waals surface area contributed by atoms with Crippen LogP contribution in [-0.2, 0) is 16.7 Å². The number of amides is 2. The van der Waals surface area contributed by atoms with Gasteiger partial charge in [-0.05, 0) is 70.2 Å². The quantitative estimate of drug-likeness (QED) is 0.512. The van der Waals surface area contributed by atoms with E-state index in [0.717, 1.165) is 55.1 Å². The molecule has 1 atom stereocenters. The molecule has 2 amide bonds. The Morgan fingerprint density at radius 1 is 1.26 bits per heavy atom. The lowest BCUT2D eigenvalue weighted by molar-refractivity contribution is 0.0983. The Labute approximate surface area is 209 Å². The highest BCUT2D eigenvalue weighted by molar-refractivity contribution is 5.89. The van der Waals surface area contributed by atoms with Crippen molar-refractivity contribution in [3.63, 3.8) is 0 Å². The first kappa shape index (κ1) is 25.4. The molecule has 0 spiro atoms. The number of hydrogen-bond acceptors (Lipinski definition) is 6. The maximum absolute atomic E-state index is 12.2. The molecule has 4 rings (SSSR count). The maximum Gasteiger partial charge on any atom is 0.319 e. The van der Waals surface area contributed by atoms with E-state index in [4.69, 9.17) is 14.7 Å². The van der Waals surface area contributed by atoms with Crippen LogP contribution in [0.4, 0.5) is 16.3 Å². The monoisotopic (exact) mass is 480 g/mol. The van der Waals surface area contributed by atoms with Crippen LogP contribution in [0.2, 0.25) is 0 Å². The van der Waals surface area contributed by atoms with Crippen LogP contribution in [0.1, 0.15) is 58.7 Å². The molecule has 190 valence electrons. The number of ether oxygens (including phenoxy) is 1. The minimum absolute atomic E-state index is 0.178. The molecule has 8 heteroatoms. The van der Waals surface area contributed by atoms with Crippen molar-refractivity contribution >= 4 is 17.5 Å². The molecule has 2 aliphatic heterocycles. The van der Waals surface area contributed by atoms with Gasteiger partial charge < -0.3 is 25.6 Å². The molecule has 2 aliphatic rings. The van der Waals surface area contributed by atoms with E-state index in [1.54, 1.807) is 0 Å². The third-order valence-corrected chi connectivity index (χ3v) is 6.80. The van der Waals surface area contributed by atoms with Crippen LogP contribution in [-0.4, -0.2) is 54.9 Å². The summed E-state index contributed by atoms with van der Waals surface area (Å²) in [4.78, 5) is 24.7. The summed E-state index contributed by atoms with van der Waals surface area (Å²) in [7, 11) is 0. The van der Waals surface area contributed by atoms with Crippen molar-refractivity contribution in [1.82, 2.24) is 20.6 Å². The number of aromatic nitrogens is 2. The fourth-order valence-electron chi connectivity index (χ4n) is 4.80. The maximum atomic E-state index is 12.2. The summed E-state index contributed by atoms with van der Waals surface area (Å²) >= 11 is 0. The smallest absolute Gasteiger partial charge is 0.319 e. The first-order valence-electron chi connectivity index (χ1n) is 12.9. The molecule has 3 heterocycles. The van der Waals surface area contributed by atoms with Gasteiger partial charge in [0, 0.05) is 36.4 Å². The van der Waals surface area contributed by atoms with Gasteiger partial charge in [-0.1, -0.05) is 13.8 Å². The molecule has 0 aliphatic carbocycles. The number of anilines is 2. The van der Waals surface area contributed by atoms with E-state index in [1.807, 2.05) is 24.3 Å². The van der Waals surface area contributed by atoms with Crippen molar-refractivity contribution in [2.24, 2.45) is 5.92 Å². The zero-order valence-electron chi connectivity index (χ0n) is 21.8. The Morgan fingerprint density at radius 2 is 2.03 bits per heavy atom. The zero-order valence-corrected chi connectivity index (χ0v) is 21.8. The number of rotatable bonds is 7. The van der Waals surface area contributed by atoms with Crippen molar-refractivity contribution in [2.45, 2.75) is 65.5 Å². The average Bonchev–Trinajstić information content (AvgIpc) is 2.82. The number of hydrogen-bond donors (Lipinski definition) is 3. The fraction of sp³-hybridized carbons (Fsp3) is 0.593. The Morgan fingerprint density at radius 3 is 2.74 bits per heavy atom. The van der Waals surface area contributed by atoms with Gasteiger partial charge in [-0.3, -0.25) is 0 Å². The van der Waals surface area contributed by atoms with E-state index in [1.165, 1.54) is 5.56 Å². The Balaban J connectivity index is 1.55. The predicted octanol–water partition coefficient (Wildman–Crippen LogP) is 4.31. The second-order valence-corrected chi connectivity index (χ2v) is 10.6. The molecule has 1 fully saturated rings. The second kappa shape index (κ2) is 10.9. The zero-order chi connectivity index (χ0) is 25.0. The first-order valence-corrected chi connectivity index (χ1v) is 12.9. The third kappa shape index (κ3) is 6.11. The molecule has 0 saturated carbocycles. The van der Waals surface area contributed by atoms with Gasteiger partial charge >= 0.3 is 6.03 Å². The number of nitrogens with zero attached hydrogens (tertiary/aromatic N) is 3. The number of morpholine rings is 1. The van der Waals surface area contributed by atoms with Gasteiger partial charge in [0.05, 0.1) is 30.5 Å². The van der Waals surface area contributed by atoms with Gasteiger partial charge in [-0.2, -0.15) is 0 Å². The van der Waals surface area contributed by atoms with E-state index in [2.05, 4.69) is 55.5 Å². The van der Waals surface area contributed by atoms with Crippen LogP contribution in [0.5, 0.6) is 0 Å². The van der Waals surface area contributed by atoms with Crippen molar-refractivity contribution in [1.29, 1.82) is 0 Å². The molecular formula is C27H40N6O2. The van der Waals surface area contributed by atoms with Crippen LogP contribution in [0.3, 0.4) is 0 Å². The lowest BCUT2D eigenvalue weighted by Crippen LogP contribution is -2.48. The number of carbonyl (C=O) groups is 1. The first-order chi connectivity index (χ1) is 16.7. The van der Waals surface area contributed by atoms with E-state index in [9.17, 15) is 4.79 Å². The van der Waals surface area contributed by atoms with Crippen LogP contribution >= 0.6 is 0 Å². The topological polar surface area (TPSA) is 91.4 Å². The van der Waals surface area contributed by atoms with E-state index in [0.29, 0.717) is 31.5 Å². The van der Waals surface area contributed by atoms with Gasteiger partial charge in [0.2, 0.25) is 0 Å². The summed E-state index contributed by atoms with van der Waals surface area (Å²) in [6.07, 6.45) is 3.00. The van der Waals surface area contributed by atoms with Gasteiger partial charge in [0.1, 0.15) is 5.82 Å². The lowest BCUT2D eigenvalue weighted by atomic mass is 9.89. The summed E-state index contributed by atoms with van der Waals surface area (Å²) in [5.74, 6) is 2.38. The van der Waals surface area contributed by atoms with Gasteiger partial charge in [-0.25, -0.2) is 14.8 Å². The minimum Gasteiger partial charge on any atom is -0.377 e. The van der Waals surface area contributed by atoms with Crippen LogP contribution in [0, 0.1) is 5.92 Å². The summed E-state index contributed by atoms with van der Waals surface area (Å²) in [6.45, 7) is 14.8. The molecule has 1 unspecified atom stereocenters. The number of benzene rings is 1. The summed E-state index contributed by atoms with van der Waals surface area (Å²) < 4.78 is 5.68.